The van der Waals surface area contributed by atoms with Gasteiger partial charge in [0.2, 0.25) is 11.8 Å². The van der Waals surface area contributed by atoms with Crippen molar-refractivity contribution in [2.75, 3.05) is 51.3 Å². The van der Waals surface area contributed by atoms with E-state index in [1.807, 2.05) is 12.1 Å². The van der Waals surface area contributed by atoms with Gasteiger partial charge in [0.25, 0.3) is 0 Å². The smallest absolute Gasteiger partial charge is 0.249 e. The fourth-order valence-electron chi connectivity index (χ4n) is 6.55. The van der Waals surface area contributed by atoms with Crippen molar-refractivity contribution < 1.29 is 19.1 Å². The molecule has 11 heteroatoms. The summed E-state index contributed by atoms with van der Waals surface area (Å²) < 4.78 is 5.64. The molecular formula is C26H35N7O4. The van der Waals surface area contributed by atoms with Gasteiger partial charge in [-0.3, -0.25) is 14.4 Å². The zero-order valence-corrected chi connectivity index (χ0v) is 21.3. The van der Waals surface area contributed by atoms with Crippen molar-refractivity contribution >= 4 is 23.3 Å². The third-order valence-corrected chi connectivity index (χ3v) is 8.53. The van der Waals surface area contributed by atoms with Crippen LogP contribution < -0.4 is 10.6 Å². The summed E-state index contributed by atoms with van der Waals surface area (Å²) in [6, 6.07) is 4.23. The number of nitrogens with two attached hydrogens (primary N) is 1. The molecular weight excluding hydrogens is 474 g/mol. The highest BCUT2D eigenvalue weighted by atomic mass is 16.5. The first-order valence-electron chi connectivity index (χ1n) is 13.2. The topological polar surface area (TPSA) is 145 Å². The number of ether oxygens (including phenoxy) is 1. The third kappa shape index (κ3) is 4.91. The highest BCUT2D eigenvalue weighted by Gasteiger charge is 2.53. The number of carbonyl (C=O) groups excluding carboxylic acids is 3. The van der Waals surface area contributed by atoms with Crippen LogP contribution in [0, 0.1) is 5.92 Å². The molecule has 4 fully saturated rings. The van der Waals surface area contributed by atoms with Gasteiger partial charge in [-0.25, -0.2) is 0 Å². The predicted molar refractivity (Wildman–Crippen MR) is 137 cm³/mol. The average Bonchev–Trinajstić information content (AvgIpc) is 3.46. The maximum absolute atomic E-state index is 14.4. The van der Waals surface area contributed by atoms with Crippen LogP contribution in [0.2, 0.25) is 0 Å². The van der Waals surface area contributed by atoms with Gasteiger partial charge in [0, 0.05) is 48.9 Å². The summed E-state index contributed by atoms with van der Waals surface area (Å²) in [6.07, 6.45) is 4.22. The second-order valence-electron chi connectivity index (χ2n) is 10.8. The van der Waals surface area contributed by atoms with Gasteiger partial charge in [0.05, 0.1) is 18.1 Å². The van der Waals surface area contributed by atoms with Crippen LogP contribution in [0.5, 0.6) is 0 Å². The molecule has 3 aliphatic heterocycles. The summed E-state index contributed by atoms with van der Waals surface area (Å²) in [4.78, 5) is 48.8. The number of hydrogen-bond donors (Lipinski definition) is 1. The first-order chi connectivity index (χ1) is 17.9. The van der Waals surface area contributed by atoms with Crippen LogP contribution in [-0.2, 0) is 14.3 Å². The van der Waals surface area contributed by atoms with Crippen LogP contribution in [0.15, 0.2) is 23.3 Å². The molecule has 1 saturated carbocycles. The fraction of sp³-hybridized carbons (Fsp3) is 0.654. The zero-order chi connectivity index (χ0) is 26.1. The highest BCUT2D eigenvalue weighted by molar-refractivity contribution is 5.99. The molecule has 5 rings (SSSR count). The number of benzene rings is 1. The second kappa shape index (κ2) is 10.7. The molecule has 0 radical (unpaired) electrons. The van der Waals surface area contributed by atoms with E-state index in [9.17, 15) is 14.4 Å². The first kappa shape index (κ1) is 25.5. The van der Waals surface area contributed by atoms with Crippen molar-refractivity contribution in [3.05, 3.63) is 39.8 Å². The van der Waals surface area contributed by atoms with Crippen molar-refractivity contribution in [1.29, 1.82) is 0 Å². The van der Waals surface area contributed by atoms with Gasteiger partial charge in [-0.05, 0) is 55.1 Å². The SMILES string of the molecule is CN1CCN(c2ccc(C(N)=O)c([C@@H](C(=O)N3C[C@H](N=[N+]=[N-])[C@H]4OCC(=O)[C@H]43)C3CCCCC3)c2)CC1. The van der Waals surface area contributed by atoms with Crippen molar-refractivity contribution in [2.24, 2.45) is 16.8 Å². The van der Waals surface area contributed by atoms with Crippen molar-refractivity contribution in [3.63, 3.8) is 0 Å². The molecule has 11 nitrogen and oxygen atoms in total. The van der Waals surface area contributed by atoms with E-state index in [4.69, 9.17) is 16.0 Å². The minimum absolute atomic E-state index is 0.0245. The summed E-state index contributed by atoms with van der Waals surface area (Å²) >= 11 is 0. The zero-order valence-electron chi connectivity index (χ0n) is 21.3. The molecule has 0 unspecified atom stereocenters. The largest absolute Gasteiger partial charge is 0.369 e. The van der Waals surface area contributed by atoms with Crippen LogP contribution in [0.1, 0.15) is 53.9 Å². The Balaban J connectivity index is 1.55. The summed E-state index contributed by atoms with van der Waals surface area (Å²) in [6.45, 7) is 3.58. The Labute approximate surface area is 216 Å². The highest BCUT2D eigenvalue weighted by Crippen LogP contribution is 2.42. The van der Waals surface area contributed by atoms with Crippen molar-refractivity contribution in [2.45, 2.75) is 56.2 Å². The van der Waals surface area contributed by atoms with Crippen LogP contribution in [-0.4, -0.2) is 92.0 Å². The molecule has 4 aliphatic rings. The van der Waals surface area contributed by atoms with E-state index < -0.39 is 30.0 Å². The lowest BCUT2D eigenvalue weighted by molar-refractivity contribution is -0.139. The van der Waals surface area contributed by atoms with Crippen molar-refractivity contribution in [1.82, 2.24) is 9.80 Å². The van der Waals surface area contributed by atoms with Crippen LogP contribution in [0.4, 0.5) is 5.69 Å². The molecule has 4 atom stereocenters. The standard InChI is InChI=1S/C26H35N7O4/c1-31-9-11-32(12-10-31)17-7-8-18(25(27)35)19(13-17)22(16-5-3-2-4-6-16)26(36)33-14-20(29-30-28)24-23(33)21(34)15-37-24/h7-8,13,16,20,22-24H,2-6,9-12,14-15H2,1H3,(H2,27,35)/t20-,22-,23+,24+/m0/s1. The number of carbonyl (C=O) groups is 3. The van der Waals surface area contributed by atoms with Crippen molar-refractivity contribution in [3.8, 4) is 0 Å². The number of fused-ring (bicyclic) bond motifs is 1. The molecule has 0 aromatic heterocycles. The lowest BCUT2D eigenvalue weighted by atomic mass is 9.74. The summed E-state index contributed by atoms with van der Waals surface area (Å²) in [5.41, 5.74) is 16.8. The Morgan fingerprint density at radius 1 is 1.16 bits per heavy atom. The quantitative estimate of drug-likeness (QED) is 0.353. The lowest BCUT2D eigenvalue weighted by Crippen LogP contribution is -2.46. The average molecular weight is 510 g/mol. The number of azide groups is 1. The second-order valence-corrected chi connectivity index (χ2v) is 10.8. The van der Waals surface area contributed by atoms with Gasteiger partial charge in [0.1, 0.15) is 12.6 Å². The Hall–Kier alpha value is -3.14. The summed E-state index contributed by atoms with van der Waals surface area (Å²) in [5, 5.41) is 3.83. The third-order valence-electron chi connectivity index (χ3n) is 8.53. The number of amides is 2. The molecule has 1 aromatic carbocycles. The van der Waals surface area contributed by atoms with Gasteiger partial charge >= 0.3 is 0 Å². The van der Waals surface area contributed by atoms with E-state index in [1.165, 1.54) is 0 Å². The van der Waals surface area contributed by atoms with Gasteiger partial charge in [-0.2, -0.15) is 0 Å². The lowest BCUT2D eigenvalue weighted by Gasteiger charge is -2.37. The van der Waals surface area contributed by atoms with E-state index in [0.29, 0.717) is 11.1 Å². The Bertz CT molecular complexity index is 1110. The molecule has 3 saturated heterocycles. The molecule has 37 heavy (non-hydrogen) atoms. The van der Waals surface area contributed by atoms with Crippen LogP contribution in [0.25, 0.3) is 10.4 Å². The Morgan fingerprint density at radius 3 is 2.57 bits per heavy atom. The fourth-order valence-corrected chi connectivity index (χ4v) is 6.55. The molecule has 2 N–H and O–H groups in total. The molecule has 0 spiro atoms. The molecule has 2 amide bonds. The minimum atomic E-state index is -0.771. The van der Waals surface area contributed by atoms with Gasteiger partial charge in [-0.1, -0.05) is 24.4 Å². The van der Waals surface area contributed by atoms with E-state index in [0.717, 1.165) is 64.0 Å². The number of piperazine rings is 1. The number of anilines is 1. The molecule has 3 heterocycles. The maximum Gasteiger partial charge on any atom is 0.249 e. The number of ketones is 1. The molecule has 1 aliphatic carbocycles. The van der Waals surface area contributed by atoms with Crippen LogP contribution in [0.3, 0.4) is 0 Å². The van der Waals surface area contributed by atoms with Gasteiger partial charge in [-0.15, -0.1) is 0 Å². The van der Waals surface area contributed by atoms with E-state index in [2.05, 4.69) is 26.9 Å². The summed E-state index contributed by atoms with van der Waals surface area (Å²) in [5.74, 6) is -1.56. The Kier molecular flexibility index (Phi) is 7.37. The van der Waals surface area contributed by atoms with E-state index in [1.54, 1.807) is 11.0 Å². The number of likely N-dealkylation sites (N-methyl/N-ethyl adjacent to an activating group) is 1. The molecule has 0 bridgehead atoms. The maximum atomic E-state index is 14.4. The number of Topliss-reactive ketones (excluding diaryl/α,β-unsaturated/α-hetero) is 1. The molecule has 1 aromatic rings. The first-order valence-corrected chi connectivity index (χ1v) is 13.2. The Morgan fingerprint density at radius 2 is 1.89 bits per heavy atom. The van der Waals surface area contributed by atoms with E-state index >= 15 is 0 Å². The number of hydrogen-bond acceptors (Lipinski definition) is 7. The normalized spacial score (nSPS) is 27.6. The number of nitrogens with zero attached hydrogens (tertiary/aromatic N) is 6. The molecule has 198 valence electrons. The van der Waals surface area contributed by atoms with E-state index in [-0.39, 0.29) is 30.8 Å². The van der Waals surface area contributed by atoms with Crippen LogP contribution >= 0.6 is 0 Å². The monoisotopic (exact) mass is 509 g/mol. The minimum Gasteiger partial charge on any atom is -0.369 e. The summed E-state index contributed by atoms with van der Waals surface area (Å²) in [7, 11) is 2.09. The number of likely N-dealkylation sites (tertiary alicyclic amines) is 1. The predicted octanol–water partition coefficient (Wildman–Crippen LogP) is 2.06. The van der Waals surface area contributed by atoms with Gasteiger partial charge < -0.3 is 25.2 Å². The number of rotatable bonds is 6. The number of primary amides is 1. The van der Waals surface area contributed by atoms with Gasteiger partial charge in [0.15, 0.2) is 5.78 Å².